The number of urea groups is 1. The van der Waals surface area contributed by atoms with E-state index in [0.717, 1.165) is 11.3 Å². The Morgan fingerprint density at radius 3 is 2.56 bits per heavy atom. The van der Waals surface area contributed by atoms with Crippen LogP contribution in [0.15, 0.2) is 36.5 Å². The van der Waals surface area contributed by atoms with Crippen molar-refractivity contribution < 1.29 is 27.8 Å². The van der Waals surface area contributed by atoms with E-state index in [-0.39, 0.29) is 18.4 Å². The maximum Gasteiger partial charge on any atom is 0.409 e. The summed E-state index contributed by atoms with van der Waals surface area (Å²) in [5.74, 6) is 0.00295. The van der Waals surface area contributed by atoms with Crippen LogP contribution < -0.4 is 15.4 Å². The third kappa shape index (κ3) is 7.55. The van der Waals surface area contributed by atoms with Gasteiger partial charge in [0.25, 0.3) is 0 Å². The lowest BCUT2D eigenvalue weighted by Crippen LogP contribution is -2.48. The van der Waals surface area contributed by atoms with Crippen molar-refractivity contribution in [1.82, 2.24) is 20.1 Å². The Kier molecular flexibility index (Phi) is 8.97. The zero-order valence-corrected chi connectivity index (χ0v) is 19.2. The van der Waals surface area contributed by atoms with E-state index < -0.39 is 12.6 Å². The molecule has 1 aromatic carbocycles. The van der Waals surface area contributed by atoms with E-state index in [1.165, 1.54) is 12.3 Å². The number of aromatic nitrogens is 1. The minimum absolute atomic E-state index is 0.00233. The van der Waals surface area contributed by atoms with Crippen LogP contribution in [0.25, 0.3) is 0 Å². The van der Waals surface area contributed by atoms with Crippen LogP contribution in [0.4, 0.5) is 24.1 Å². The van der Waals surface area contributed by atoms with Gasteiger partial charge in [-0.05, 0) is 43.7 Å². The minimum atomic E-state index is -2.98. The summed E-state index contributed by atoms with van der Waals surface area (Å²) < 4.78 is 35.4. The number of hydrogen-bond acceptors (Lipinski definition) is 6. The first kappa shape index (κ1) is 25.2. The lowest BCUT2D eigenvalue weighted by atomic mass is 10.1. The van der Waals surface area contributed by atoms with Crippen LogP contribution in [-0.2, 0) is 17.8 Å². The van der Waals surface area contributed by atoms with Gasteiger partial charge in [0.2, 0.25) is 0 Å². The lowest BCUT2D eigenvalue weighted by Gasteiger charge is -2.34. The largest absolute Gasteiger partial charge is 0.450 e. The second-order valence-electron chi connectivity index (χ2n) is 7.78. The highest BCUT2D eigenvalue weighted by molar-refractivity contribution is 5.89. The van der Waals surface area contributed by atoms with Crippen molar-refractivity contribution in [2.45, 2.75) is 33.5 Å². The zero-order chi connectivity index (χ0) is 24.5. The third-order valence-corrected chi connectivity index (χ3v) is 5.25. The standard InChI is InChI=1S/C23H29F2N5O4/c1-3-33-23(32)30-10-8-29(9-11-30)15-17-5-7-20(34-21(24)25)18(12-17)13-27-22(31)28-19-6-4-16(2)26-14-19/h4-7,12,14,21H,3,8-11,13,15H2,1-2H3,(H2,27,28,31). The molecule has 3 rings (SSSR count). The van der Waals surface area contributed by atoms with E-state index in [1.54, 1.807) is 36.1 Å². The normalized spacial score (nSPS) is 14.1. The fraction of sp³-hybridized carbons (Fsp3) is 0.435. The molecule has 0 spiro atoms. The lowest BCUT2D eigenvalue weighted by molar-refractivity contribution is -0.0504. The number of carbonyl (C=O) groups is 2. The smallest absolute Gasteiger partial charge is 0.409 e. The highest BCUT2D eigenvalue weighted by Gasteiger charge is 2.22. The number of anilines is 1. The molecule has 2 heterocycles. The van der Waals surface area contributed by atoms with Gasteiger partial charge in [-0.25, -0.2) is 9.59 Å². The predicted octanol–water partition coefficient (Wildman–Crippen LogP) is 3.59. The Morgan fingerprint density at radius 2 is 1.91 bits per heavy atom. The maximum absolute atomic E-state index is 12.9. The number of hydrogen-bond donors (Lipinski definition) is 2. The summed E-state index contributed by atoms with van der Waals surface area (Å²) >= 11 is 0. The van der Waals surface area contributed by atoms with Crippen LogP contribution in [0.2, 0.25) is 0 Å². The molecular formula is C23H29F2N5O4. The van der Waals surface area contributed by atoms with Crippen molar-refractivity contribution in [1.29, 1.82) is 0 Å². The number of pyridine rings is 1. The van der Waals surface area contributed by atoms with E-state index in [0.29, 0.717) is 50.6 Å². The Bertz CT molecular complexity index is 966. The Labute approximate surface area is 197 Å². The van der Waals surface area contributed by atoms with Gasteiger partial charge in [0.05, 0.1) is 18.5 Å². The second-order valence-corrected chi connectivity index (χ2v) is 7.78. The predicted molar refractivity (Wildman–Crippen MR) is 122 cm³/mol. The number of benzene rings is 1. The molecule has 1 aromatic heterocycles. The number of piperazine rings is 1. The van der Waals surface area contributed by atoms with Gasteiger partial charge in [-0.15, -0.1) is 0 Å². The quantitative estimate of drug-likeness (QED) is 0.603. The fourth-order valence-electron chi connectivity index (χ4n) is 3.53. The third-order valence-electron chi connectivity index (χ3n) is 5.25. The Hall–Kier alpha value is -3.47. The first-order chi connectivity index (χ1) is 16.3. The summed E-state index contributed by atoms with van der Waals surface area (Å²) in [6.45, 7) is 3.95. The molecule has 34 heavy (non-hydrogen) atoms. The molecule has 0 bridgehead atoms. The number of amides is 3. The molecule has 1 aliphatic heterocycles. The summed E-state index contributed by atoms with van der Waals surface area (Å²) in [6.07, 6.45) is 1.21. The number of nitrogens with one attached hydrogen (secondary N) is 2. The zero-order valence-electron chi connectivity index (χ0n) is 19.2. The number of ether oxygens (including phenoxy) is 2. The first-order valence-corrected chi connectivity index (χ1v) is 11.0. The van der Waals surface area contributed by atoms with Gasteiger partial charge >= 0.3 is 18.7 Å². The van der Waals surface area contributed by atoms with Crippen LogP contribution in [-0.4, -0.2) is 66.3 Å². The van der Waals surface area contributed by atoms with E-state index in [9.17, 15) is 18.4 Å². The average Bonchev–Trinajstić information content (AvgIpc) is 2.81. The van der Waals surface area contributed by atoms with Crippen LogP contribution in [0, 0.1) is 6.92 Å². The van der Waals surface area contributed by atoms with Crippen molar-refractivity contribution in [3.05, 3.63) is 53.3 Å². The molecule has 184 valence electrons. The van der Waals surface area contributed by atoms with Crippen molar-refractivity contribution >= 4 is 17.8 Å². The van der Waals surface area contributed by atoms with Crippen LogP contribution in [0.1, 0.15) is 23.7 Å². The van der Waals surface area contributed by atoms with Gasteiger partial charge in [-0.1, -0.05) is 6.07 Å². The van der Waals surface area contributed by atoms with Gasteiger partial charge < -0.3 is 25.0 Å². The molecule has 2 N–H and O–H groups in total. The van der Waals surface area contributed by atoms with Gasteiger partial charge in [0, 0.05) is 50.5 Å². The number of nitrogens with zero attached hydrogens (tertiary/aromatic N) is 3. The average molecular weight is 478 g/mol. The highest BCUT2D eigenvalue weighted by Crippen LogP contribution is 2.23. The summed E-state index contributed by atoms with van der Waals surface area (Å²) in [7, 11) is 0. The van der Waals surface area contributed by atoms with E-state index in [4.69, 9.17) is 4.74 Å². The topological polar surface area (TPSA) is 96.0 Å². The van der Waals surface area contributed by atoms with Crippen LogP contribution in [0.5, 0.6) is 5.75 Å². The van der Waals surface area contributed by atoms with Gasteiger partial charge in [0.1, 0.15) is 5.75 Å². The molecule has 1 aliphatic rings. The first-order valence-electron chi connectivity index (χ1n) is 11.0. The van der Waals surface area contributed by atoms with Gasteiger partial charge in [-0.3, -0.25) is 9.88 Å². The molecule has 9 nitrogen and oxygen atoms in total. The number of carbonyl (C=O) groups excluding carboxylic acids is 2. The SMILES string of the molecule is CCOC(=O)N1CCN(Cc2ccc(OC(F)F)c(CNC(=O)Nc3ccc(C)nc3)c2)CC1. The fourth-order valence-corrected chi connectivity index (χ4v) is 3.53. The summed E-state index contributed by atoms with van der Waals surface area (Å²) in [5.41, 5.74) is 2.65. The molecule has 2 aromatic rings. The Morgan fingerprint density at radius 1 is 1.15 bits per heavy atom. The maximum atomic E-state index is 12.9. The number of rotatable bonds is 8. The van der Waals surface area contributed by atoms with Gasteiger partial charge in [0.15, 0.2) is 0 Å². The molecule has 0 saturated carbocycles. The molecule has 0 radical (unpaired) electrons. The molecule has 1 fully saturated rings. The molecule has 0 aliphatic carbocycles. The minimum Gasteiger partial charge on any atom is -0.450 e. The summed E-state index contributed by atoms with van der Waals surface area (Å²) in [5, 5.41) is 5.31. The summed E-state index contributed by atoms with van der Waals surface area (Å²) in [4.78, 5) is 32.0. The van der Waals surface area contributed by atoms with Gasteiger partial charge in [-0.2, -0.15) is 8.78 Å². The van der Waals surface area contributed by atoms with Crippen molar-refractivity contribution in [2.24, 2.45) is 0 Å². The van der Waals surface area contributed by atoms with E-state index in [2.05, 4.69) is 25.3 Å². The number of alkyl halides is 2. The number of halogens is 2. The molecule has 3 amide bonds. The molecule has 0 unspecified atom stereocenters. The summed E-state index contributed by atoms with van der Waals surface area (Å²) in [6, 6.07) is 7.93. The van der Waals surface area contributed by atoms with Crippen molar-refractivity contribution in [3.63, 3.8) is 0 Å². The van der Waals surface area contributed by atoms with E-state index in [1.807, 2.05) is 6.92 Å². The van der Waals surface area contributed by atoms with E-state index >= 15 is 0 Å². The molecule has 1 saturated heterocycles. The van der Waals surface area contributed by atoms with Crippen LogP contribution >= 0.6 is 0 Å². The monoisotopic (exact) mass is 477 g/mol. The molecule has 11 heteroatoms. The molecule has 0 atom stereocenters. The highest BCUT2D eigenvalue weighted by atomic mass is 19.3. The Balaban J connectivity index is 1.60. The van der Waals surface area contributed by atoms with Crippen molar-refractivity contribution in [2.75, 3.05) is 38.1 Å². The van der Waals surface area contributed by atoms with Crippen molar-refractivity contribution in [3.8, 4) is 5.75 Å². The number of aryl methyl sites for hydroxylation is 1. The van der Waals surface area contributed by atoms with Crippen LogP contribution in [0.3, 0.4) is 0 Å². The molecular weight excluding hydrogens is 448 g/mol. The second kappa shape index (κ2) is 12.1.